The van der Waals surface area contributed by atoms with E-state index < -0.39 is 5.25 Å². The van der Waals surface area contributed by atoms with Gasteiger partial charge in [-0.05, 0) is 12.8 Å². The second kappa shape index (κ2) is 8.62. The maximum absolute atomic E-state index is 12.6. The van der Waals surface area contributed by atoms with E-state index in [0.717, 1.165) is 12.8 Å². The van der Waals surface area contributed by atoms with Crippen LogP contribution in [0.3, 0.4) is 0 Å². The number of carbonyl (C=O) groups excluding carboxylic acids is 2. The molecular formula is C17H22N4O2S2. The molecule has 3 rings (SSSR count). The highest BCUT2D eigenvalue weighted by Gasteiger charge is 2.39. The number of thioether (sulfide) groups is 1. The highest BCUT2D eigenvalue weighted by atomic mass is 32.2. The Labute approximate surface area is 155 Å². The van der Waals surface area contributed by atoms with Crippen LogP contribution in [0.4, 0.5) is 5.13 Å². The third-order valence-electron chi connectivity index (χ3n) is 4.28. The maximum atomic E-state index is 12.6. The van der Waals surface area contributed by atoms with Gasteiger partial charge in [-0.3, -0.25) is 14.5 Å². The van der Waals surface area contributed by atoms with Crippen LogP contribution in [0.2, 0.25) is 0 Å². The molecule has 1 aromatic heterocycles. The average Bonchev–Trinajstić information content (AvgIpc) is 3.20. The number of amidine groups is 1. The van der Waals surface area contributed by atoms with Gasteiger partial charge in [0.05, 0.1) is 0 Å². The van der Waals surface area contributed by atoms with E-state index >= 15 is 0 Å². The van der Waals surface area contributed by atoms with Crippen molar-refractivity contribution in [2.75, 3.05) is 6.54 Å². The molecule has 1 atom stereocenters. The largest absolute Gasteiger partial charge is 0.353 e. The van der Waals surface area contributed by atoms with Gasteiger partial charge in [0, 0.05) is 30.6 Å². The first kappa shape index (κ1) is 18.1. The molecule has 2 amide bonds. The number of aliphatic imine (C=N–C) groups is 1. The molecule has 1 aliphatic carbocycles. The first-order chi connectivity index (χ1) is 12.2. The lowest BCUT2D eigenvalue weighted by atomic mass is 9.95. The predicted octanol–water partition coefficient (Wildman–Crippen LogP) is 3.10. The van der Waals surface area contributed by atoms with Crippen molar-refractivity contribution in [2.45, 2.75) is 49.8 Å². The van der Waals surface area contributed by atoms with Crippen molar-refractivity contribution < 1.29 is 9.59 Å². The fourth-order valence-electron chi connectivity index (χ4n) is 3.08. The monoisotopic (exact) mass is 378 g/mol. The standard InChI is InChI=1S/C17H22N4O2S2/c1-2-9-21-15(23)13(25-17(21)20-16-18-8-10-24-16)11-14(22)19-12-6-4-3-5-7-12/h2,8,10,12-13H,1,3-7,9,11H2,(H,19,22). The molecular weight excluding hydrogens is 356 g/mol. The van der Waals surface area contributed by atoms with Crippen molar-refractivity contribution in [3.63, 3.8) is 0 Å². The number of hydrogen-bond acceptors (Lipinski definition) is 6. The van der Waals surface area contributed by atoms with Gasteiger partial charge in [-0.2, -0.15) is 4.99 Å². The summed E-state index contributed by atoms with van der Waals surface area (Å²) in [6.45, 7) is 4.09. The maximum Gasteiger partial charge on any atom is 0.242 e. The summed E-state index contributed by atoms with van der Waals surface area (Å²) < 4.78 is 0. The lowest BCUT2D eigenvalue weighted by Crippen LogP contribution is -2.39. The van der Waals surface area contributed by atoms with Crippen LogP contribution < -0.4 is 5.32 Å². The highest BCUT2D eigenvalue weighted by molar-refractivity contribution is 8.15. The molecule has 1 aromatic rings. The minimum Gasteiger partial charge on any atom is -0.353 e. The van der Waals surface area contributed by atoms with E-state index in [1.807, 2.05) is 5.38 Å². The second-order valence-corrected chi connectivity index (χ2v) is 8.20. The Balaban J connectivity index is 1.64. The topological polar surface area (TPSA) is 74.7 Å². The zero-order chi connectivity index (χ0) is 17.6. The van der Waals surface area contributed by atoms with Crippen LogP contribution in [-0.2, 0) is 9.59 Å². The molecule has 8 heteroatoms. The van der Waals surface area contributed by atoms with E-state index in [1.165, 1.54) is 42.4 Å². The number of nitrogens with one attached hydrogen (secondary N) is 1. The summed E-state index contributed by atoms with van der Waals surface area (Å²) in [5.41, 5.74) is 0. The number of carbonyl (C=O) groups is 2. The van der Waals surface area contributed by atoms with E-state index in [9.17, 15) is 9.59 Å². The number of hydrogen-bond donors (Lipinski definition) is 1. The Morgan fingerprint density at radius 3 is 2.92 bits per heavy atom. The SMILES string of the molecule is C=CCN1C(=O)C(CC(=O)NC2CCCCC2)SC1=Nc1nccs1. The molecule has 0 spiro atoms. The van der Waals surface area contributed by atoms with Crippen molar-refractivity contribution >= 4 is 45.2 Å². The van der Waals surface area contributed by atoms with Crippen LogP contribution in [-0.4, -0.2) is 44.7 Å². The molecule has 2 fully saturated rings. The quantitative estimate of drug-likeness (QED) is 0.772. The number of rotatable bonds is 6. The molecule has 6 nitrogen and oxygen atoms in total. The summed E-state index contributed by atoms with van der Waals surface area (Å²) in [5.74, 6) is -0.134. The minimum absolute atomic E-state index is 0.0493. The summed E-state index contributed by atoms with van der Waals surface area (Å²) in [6.07, 6.45) is 9.19. The van der Waals surface area contributed by atoms with E-state index in [0.29, 0.717) is 16.8 Å². The second-order valence-electron chi connectivity index (χ2n) is 6.16. The van der Waals surface area contributed by atoms with Crippen molar-refractivity contribution in [1.82, 2.24) is 15.2 Å². The molecule has 2 heterocycles. The molecule has 1 saturated heterocycles. The van der Waals surface area contributed by atoms with Gasteiger partial charge in [0.2, 0.25) is 16.9 Å². The molecule has 1 aliphatic heterocycles. The van der Waals surface area contributed by atoms with Gasteiger partial charge >= 0.3 is 0 Å². The Morgan fingerprint density at radius 2 is 2.24 bits per heavy atom. The molecule has 0 radical (unpaired) electrons. The minimum atomic E-state index is -0.428. The fraction of sp³-hybridized carbons (Fsp3) is 0.529. The van der Waals surface area contributed by atoms with Crippen LogP contribution in [0.5, 0.6) is 0 Å². The third-order valence-corrected chi connectivity index (χ3v) is 6.12. The lowest BCUT2D eigenvalue weighted by Gasteiger charge is -2.23. The molecule has 1 unspecified atom stereocenters. The van der Waals surface area contributed by atoms with Crippen LogP contribution in [0, 0.1) is 0 Å². The van der Waals surface area contributed by atoms with E-state index in [2.05, 4.69) is 21.9 Å². The summed E-state index contributed by atoms with van der Waals surface area (Å²) in [7, 11) is 0. The fourth-order valence-corrected chi connectivity index (χ4v) is 4.79. The Morgan fingerprint density at radius 1 is 1.44 bits per heavy atom. The van der Waals surface area contributed by atoms with E-state index in [-0.39, 0.29) is 24.3 Å². The first-order valence-electron chi connectivity index (χ1n) is 8.54. The summed E-state index contributed by atoms with van der Waals surface area (Å²) in [5, 5.41) is 5.69. The number of aromatic nitrogens is 1. The molecule has 1 saturated carbocycles. The molecule has 0 aromatic carbocycles. The molecule has 0 bridgehead atoms. The lowest BCUT2D eigenvalue weighted by molar-refractivity contribution is -0.129. The third kappa shape index (κ3) is 4.70. The van der Waals surface area contributed by atoms with Gasteiger partial charge in [-0.25, -0.2) is 4.98 Å². The van der Waals surface area contributed by atoms with Crippen LogP contribution in [0.1, 0.15) is 38.5 Å². The van der Waals surface area contributed by atoms with Crippen molar-refractivity contribution in [3.8, 4) is 0 Å². The average molecular weight is 379 g/mol. The smallest absolute Gasteiger partial charge is 0.242 e. The predicted molar refractivity (Wildman–Crippen MR) is 102 cm³/mol. The highest BCUT2D eigenvalue weighted by Crippen LogP contribution is 2.32. The Hall–Kier alpha value is -1.67. The van der Waals surface area contributed by atoms with Crippen molar-refractivity contribution in [1.29, 1.82) is 0 Å². The summed E-state index contributed by atoms with van der Waals surface area (Å²) >= 11 is 2.75. The normalized spacial score (nSPS) is 23.2. The first-order valence-corrected chi connectivity index (χ1v) is 10.3. The van der Waals surface area contributed by atoms with Gasteiger partial charge in [0.15, 0.2) is 5.17 Å². The Kier molecular flexibility index (Phi) is 6.25. The van der Waals surface area contributed by atoms with Crippen LogP contribution in [0.25, 0.3) is 0 Å². The molecule has 25 heavy (non-hydrogen) atoms. The van der Waals surface area contributed by atoms with Gasteiger partial charge in [-0.15, -0.1) is 17.9 Å². The van der Waals surface area contributed by atoms with Gasteiger partial charge in [0.1, 0.15) is 5.25 Å². The van der Waals surface area contributed by atoms with Crippen LogP contribution >= 0.6 is 23.1 Å². The Bertz CT molecular complexity index is 654. The van der Waals surface area contributed by atoms with Gasteiger partial charge < -0.3 is 5.32 Å². The van der Waals surface area contributed by atoms with Gasteiger partial charge in [0.25, 0.3) is 0 Å². The summed E-state index contributed by atoms with van der Waals surface area (Å²) in [6, 6.07) is 0.260. The molecule has 134 valence electrons. The van der Waals surface area contributed by atoms with Gasteiger partial charge in [-0.1, -0.05) is 37.1 Å². The van der Waals surface area contributed by atoms with Crippen molar-refractivity contribution in [3.05, 3.63) is 24.2 Å². The van der Waals surface area contributed by atoms with E-state index in [1.54, 1.807) is 17.2 Å². The van der Waals surface area contributed by atoms with Crippen LogP contribution in [0.15, 0.2) is 29.2 Å². The molecule has 1 N–H and O–H groups in total. The zero-order valence-corrected chi connectivity index (χ0v) is 15.7. The van der Waals surface area contributed by atoms with E-state index in [4.69, 9.17) is 0 Å². The number of amides is 2. The summed E-state index contributed by atoms with van der Waals surface area (Å²) in [4.78, 5) is 35.1. The van der Waals surface area contributed by atoms with Crippen molar-refractivity contribution in [2.24, 2.45) is 4.99 Å². The number of thiazole rings is 1. The number of nitrogens with zero attached hydrogens (tertiary/aromatic N) is 3. The molecule has 2 aliphatic rings. The zero-order valence-electron chi connectivity index (χ0n) is 14.0.